The van der Waals surface area contributed by atoms with E-state index in [0.717, 1.165) is 24.0 Å². The molecule has 0 bridgehead atoms. The molecular formula is C25H32N4O3. The first-order valence-corrected chi connectivity index (χ1v) is 11.0. The predicted octanol–water partition coefficient (Wildman–Crippen LogP) is 3.26. The number of likely N-dealkylation sites (tertiary alicyclic amines) is 1. The fourth-order valence-electron chi connectivity index (χ4n) is 4.26. The van der Waals surface area contributed by atoms with Crippen LogP contribution in [0.2, 0.25) is 0 Å². The molecule has 0 radical (unpaired) electrons. The van der Waals surface area contributed by atoms with Crippen LogP contribution in [0.3, 0.4) is 0 Å². The number of nitrogens with zero attached hydrogens (tertiary/aromatic N) is 1. The van der Waals surface area contributed by atoms with Gasteiger partial charge in [0.1, 0.15) is 0 Å². The maximum atomic E-state index is 12.8. The van der Waals surface area contributed by atoms with Gasteiger partial charge in [0.2, 0.25) is 0 Å². The molecule has 7 nitrogen and oxygen atoms in total. The summed E-state index contributed by atoms with van der Waals surface area (Å²) in [5.74, 6) is -0.545. The van der Waals surface area contributed by atoms with Crippen LogP contribution in [0.15, 0.2) is 54.6 Å². The van der Waals surface area contributed by atoms with Crippen molar-refractivity contribution in [3.8, 4) is 11.1 Å². The highest BCUT2D eigenvalue weighted by molar-refractivity contribution is 5.95. The van der Waals surface area contributed by atoms with Crippen molar-refractivity contribution in [2.24, 2.45) is 17.6 Å². The van der Waals surface area contributed by atoms with Gasteiger partial charge in [-0.05, 0) is 55.4 Å². The summed E-state index contributed by atoms with van der Waals surface area (Å²) in [6.07, 6.45) is 2.34. The first-order valence-electron chi connectivity index (χ1n) is 11.0. The second kappa shape index (κ2) is 10.8. The van der Waals surface area contributed by atoms with E-state index in [9.17, 15) is 9.59 Å². The molecule has 2 aromatic rings. The molecule has 1 heterocycles. The van der Waals surface area contributed by atoms with Gasteiger partial charge in [0, 0.05) is 24.7 Å². The molecule has 1 aliphatic rings. The van der Waals surface area contributed by atoms with Crippen molar-refractivity contribution in [3.05, 3.63) is 60.2 Å². The molecule has 1 saturated heterocycles. The number of nitrogens with one attached hydrogen (secondary N) is 2. The van der Waals surface area contributed by atoms with Crippen molar-refractivity contribution in [2.75, 3.05) is 20.2 Å². The molecule has 3 rings (SSSR count). The molecular weight excluding hydrogens is 404 g/mol. The van der Waals surface area contributed by atoms with Gasteiger partial charge in [0.15, 0.2) is 5.96 Å². The van der Waals surface area contributed by atoms with Gasteiger partial charge in [-0.2, -0.15) is 0 Å². The summed E-state index contributed by atoms with van der Waals surface area (Å²) < 4.78 is 5.03. The van der Waals surface area contributed by atoms with Gasteiger partial charge in [-0.1, -0.05) is 42.5 Å². The summed E-state index contributed by atoms with van der Waals surface area (Å²) >= 11 is 0. The Labute approximate surface area is 189 Å². The second-order valence-corrected chi connectivity index (χ2v) is 8.39. The third kappa shape index (κ3) is 5.87. The lowest BCUT2D eigenvalue weighted by Crippen LogP contribution is -2.45. The zero-order valence-electron chi connectivity index (χ0n) is 18.7. The third-order valence-corrected chi connectivity index (χ3v) is 6.26. The standard InChI is InChI=1S/C25H32N4O3/c1-17(22(24(31)32-2)16-18-12-14-29(15-13-18)25(26)27)28-23(30)21-10-8-20(9-11-21)19-6-4-3-5-7-19/h3-11,17-18,22H,12-16H2,1-2H3,(H3,26,27)(H,28,30)/t17?,22-/m1/s1. The Morgan fingerprint density at radius 3 is 2.25 bits per heavy atom. The van der Waals surface area contributed by atoms with Crippen LogP contribution in [-0.2, 0) is 9.53 Å². The number of piperidine rings is 1. The number of amides is 1. The molecule has 2 aromatic carbocycles. The molecule has 1 unspecified atom stereocenters. The molecule has 1 amide bonds. The Morgan fingerprint density at radius 1 is 1.09 bits per heavy atom. The van der Waals surface area contributed by atoms with Gasteiger partial charge in [-0.25, -0.2) is 0 Å². The number of benzene rings is 2. The smallest absolute Gasteiger partial charge is 0.310 e. The van der Waals surface area contributed by atoms with Gasteiger partial charge in [0.05, 0.1) is 13.0 Å². The van der Waals surface area contributed by atoms with E-state index in [1.54, 1.807) is 12.1 Å². The van der Waals surface area contributed by atoms with Crippen LogP contribution >= 0.6 is 0 Å². The van der Waals surface area contributed by atoms with E-state index in [2.05, 4.69) is 5.32 Å². The molecule has 4 N–H and O–H groups in total. The van der Waals surface area contributed by atoms with Gasteiger partial charge in [0.25, 0.3) is 5.91 Å². The van der Waals surface area contributed by atoms with E-state index in [1.807, 2.05) is 54.3 Å². The van der Waals surface area contributed by atoms with Crippen molar-refractivity contribution in [3.63, 3.8) is 0 Å². The monoisotopic (exact) mass is 436 g/mol. The Hall–Kier alpha value is -3.35. The summed E-state index contributed by atoms with van der Waals surface area (Å²) in [6.45, 7) is 3.27. The number of carbonyl (C=O) groups excluding carboxylic acids is 2. The van der Waals surface area contributed by atoms with Crippen LogP contribution in [0.1, 0.15) is 36.5 Å². The molecule has 32 heavy (non-hydrogen) atoms. The molecule has 0 aliphatic carbocycles. The molecule has 0 aromatic heterocycles. The molecule has 0 spiro atoms. The normalized spacial score (nSPS) is 16.1. The highest BCUT2D eigenvalue weighted by atomic mass is 16.5. The first kappa shape index (κ1) is 23.3. The number of methoxy groups -OCH3 is 1. The molecule has 170 valence electrons. The van der Waals surface area contributed by atoms with Gasteiger partial charge < -0.3 is 20.7 Å². The fourth-order valence-corrected chi connectivity index (χ4v) is 4.26. The summed E-state index contributed by atoms with van der Waals surface area (Å²) in [6, 6.07) is 17.1. The molecule has 7 heteroatoms. The Kier molecular flexibility index (Phi) is 7.87. The lowest BCUT2D eigenvalue weighted by molar-refractivity contribution is -0.147. The Morgan fingerprint density at radius 2 is 1.69 bits per heavy atom. The first-order chi connectivity index (χ1) is 15.4. The van der Waals surface area contributed by atoms with Crippen molar-refractivity contribution in [2.45, 2.75) is 32.2 Å². The average molecular weight is 437 g/mol. The number of ether oxygens (including phenoxy) is 1. The average Bonchev–Trinajstić information content (AvgIpc) is 2.82. The highest BCUT2D eigenvalue weighted by Crippen LogP contribution is 2.27. The third-order valence-electron chi connectivity index (χ3n) is 6.26. The Balaban J connectivity index is 1.61. The van der Waals surface area contributed by atoms with Crippen molar-refractivity contribution < 1.29 is 14.3 Å². The largest absolute Gasteiger partial charge is 0.469 e. The number of nitrogens with two attached hydrogens (primary N) is 1. The summed E-state index contributed by atoms with van der Waals surface area (Å²) in [5, 5.41) is 10.5. The zero-order chi connectivity index (χ0) is 23.1. The lowest BCUT2D eigenvalue weighted by atomic mass is 9.84. The molecule has 1 fully saturated rings. The highest BCUT2D eigenvalue weighted by Gasteiger charge is 2.32. The van der Waals surface area contributed by atoms with Crippen LogP contribution in [0.4, 0.5) is 0 Å². The van der Waals surface area contributed by atoms with Crippen molar-refractivity contribution >= 4 is 17.8 Å². The lowest BCUT2D eigenvalue weighted by Gasteiger charge is -2.34. The van der Waals surface area contributed by atoms with E-state index in [4.69, 9.17) is 15.9 Å². The fraction of sp³-hybridized carbons (Fsp3) is 0.400. The number of hydrogen-bond donors (Lipinski definition) is 3. The molecule has 1 aliphatic heterocycles. The van der Waals surface area contributed by atoms with E-state index in [-0.39, 0.29) is 23.9 Å². The summed E-state index contributed by atoms with van der Waals surface area (Å²) in [4.78, 5) is 27.1. The van der Waals surface area contributed by atoms with Crippen LogP contribution in [0.5, 0.6) is 0 Å². The van der Waals surface area contributed by atoms with Gasteiger partial charge >= 0.3 is 5.97 Å². The van der Waals surface area contributed by atoms with E-state index in [0.29, 0.717) is 31.0 Å². The van der Waals surface area contributed by atoms with E-state index >= 15 is 0 Å². The van der Waals surface area contributed by atoms with Crippen LogP contribution in [0, 0.1) is 17.2 Å². The van der Waals surface area contributed by atoms with Crippen LogP contribution in [0.25, 0.3) is 11.1 Å². The second-order valence-electron chi connectivity index (χ2n) is 8.39. The van der Waals surface area contributed by atoms with Crippen LogP contribution < -0.4 is 11.1 Å². The van der Waals surface area contributed by atoms with E-state index in [1.165, 1.54) is 7.11 Å². The van der Waals surface area contributed by atoms with Crippen molar-refractivity contribution in [1.29, 1.82) is 5.41 Å². The topological polar surface area (TPSA) is 109 Å². The molecule has 0 saturated carbocycles. The number of rotatable bonds is 7. The summed E-state index contributed by atoms with van der Waals surface area (Å²) in [7, 11) is 1.38. The maximum absolute atomic E-state index is 12.8. The minimum Gasteiger partial charge on any atom is -0.469 e. The SMILES string of the molecule is COC(=O)[C@H](CC1CCN(C(=N)N)CC1)C(C)NC(=O)c1ccc(-c2ccccc2)cc1. The molecule has 2 atom stereocenters. The van der Waals surface area contributed by atoms with Crippen molar-refractivity contribution in [1.82, 2.24) is 10.2 Å². The van der Waals surface area contributed by atoms with Gasteiger partial charge in [-0.3, -0.25) is 15.0 Å². The zero-order valence-corrected chi connectivity index (χ0v) is 18.7. The van der Waals surface area contributed by atoms with E-state index < -0.39 is 5.92 Å². The van der Waals surface area contributed by atoms with Gasteiger partial charge in [-0.15, -0.1) is 0 Å². The maximum Gasteiger partial charge on any atom is 0.310 e. The number of esters is 1. The number of carbonyl (C=O) groups is 2. The van der Waals surface area contributed by atoms with Crippen LogP contribution in [-0.4, -0.2) is 49.0 Å². The number of hydrogen-bond acceptors (Lipinski definition) is 4. The summed E-state index contributed by atoms with van der Waals surface area (Å²) in [5.41, 5.74) is 8.26. The Bertz CT molecular complexity index is 922. The quantitative estimate of drug-likeness (QED) is 0.351. The number of guanidine groups is 1. The minimum absolute atomic E-state index is 0.0897. The minimum atomic E-state index is -0.429. The predicted molar refractivity (Wildman–Crippen MR) is 125 cm³/mol.